The number of ether oxygens (including phenoxy) is 1. The molecule has 1 fully saturated rings. The zero-order chi connectivity index (χ0) is 32.1. The number of amidine groups is 1. The fourth-order valence-electron chi connectivity index (χ4n) is 4.91. The lowest BCUT2D eigenvalue weighted by Crippen LogP contribution is -2.46. The van der Waals surface area contributed by atoms with Crippen molar-refractivity contribution in [3.05, 3.63) is 82.9 Å². The second kappa shape index (κ2) is 17.6. The molecule has 6 N–H and O–H groups in total. The molecule has 2 heterocycles. The van der Waals surface area contributed by atoms with Gasteiger partial charge in [0.05, 0.1) is 17.6 Å². The van der Waals surface area contributed by atoms with Gasteiger partial charge in [0.2, 0.25) is 0 Å². The van der Waals surface area contributed by atoms with Crippen LogP contribution in [0.5, 0.6) is 17.2 Å². The van der Waals surface area contributed by atoms with Crippen molar-refractivity contribution in [2.75, 3.05) is 26.2 Å². The van der Waals surface area contributed by atoms with Gasteiger partial charge >= 0.3 is 5.97 Å². The summed E-state index contributed by atoms with van der Waals surface area (Å²) < 4.78 is 6.06. The molecule has 2 aliphatic heterocycles. The summed E-state index contributed by atoms with van der Waals surface area (Å²) >= 11 is 6.20. The average molecular weight is 625 g/mol. The molecule has 3 aromatic carbocycles. The van der Waals surface area contributed by atoms with Crippen LogP contribution in [0.15, 0.2) is 71.7 Å². The van der Waals surface area contributed by atoms with Gasteiger partial charge in [0.15, 0.2) is 5.75 Å². The minimum absolute atomic E-state index is 0.102. The number of para-hydroxylation sites is 2. The van der Waals surface area contributed by atoms with Crippen LogP contribution in [0.2, 0.25) is 5.02 Å². The maximum Gasteiger partial charge on any atom is 0.306 e. The molecule has 0 bridgehead atoms. The van der Waals surface area contributed by atoms with Crippen LogP contribution in [0.25, 0.3) is 0 Å². The van der Waals surface area contributed by atoms with E-state index in [-0.39, 0.29) is 17.7 Å². The highest BCUT2D eigenvalue weighted by molar-refractivity contribution is 6.31. The number of fused-ring (bicyclic) bond motifs is 2. The molecule has 0 amide bonds. The number of nitrogens with zero attached hydrogens (tertiary/aromatic N) is 2. The van der Waals surface area contributed by atoms with Gasteiger partial charge in [-0.25, -0.2) is 4.99 Å². The number of benzene rings is 3. The molecule has 44 heavy (non-hydrogen) atoms. The molecule has 0 radical (unpaired) electrons. The largest absolute Gasteiger partial charge is 0.508 e. The summed E-state index contributed by atoms with van der Waals surface area (Å²) in [6, 6.07) is 19.7. The first-order valence-electron chi connectivity index (χ1n) is 15.2. The molecule has 9 nitrogen and oxygen atoms in total. The molecule has 0 aromatic heterocycles. The molecule has 3 aromatic rings. The fourth-order valence-corrected chi connectivity index (χ4v) is 5.08. The van der Waals surface area contributed by atoms with Crippen LogP contribution >= 0.6 is 11.6 Å². The topological polar surface area (TPSA) is 141 Å². The van der Waals surface area contributed by atoms with Gasteiger partial charge in [0.1, 0.15) is 23.0 Å². The van der Waals surface area contributed by atoms with Gasteiger partial charge in [0.25, 0.3) is 0 Å². The third kappa shape index (κ3) is 10.2. The molecule has 10 heteroatoms. The number of nitrogens with two attached hydrogens (primary N) is 1. The number of piperazine rings is 1. The molecule has 2 atom stereocenters. The molecule has 0 aliphatic carbocycles. The van der Waals surface area contributed by atoms with E-state index in [0.29, 0.717) is 10.6 Å². The Balaban J connectivity index is 0.000000204. The highest BCUT2D eigenvalue weighted by Crippen LogP contribution is 2.38. The highest BCUT2D eigenvalue weighted by Gasteiger charge is 2.24. The monoisotopic (exact) mass is 624 g/mol. The van der Waals surface area contributed by atoms with Gasteiger partial charge in [-0.15, -0.1) is 0 Å². The first-order chi connectivity index (χ1) is 21.1. The number of aliphatic hydroxyl groups is 1. The van der Waals surface area contributed by atoms with Crippen LogP contribution in [0.4, 0.5) is 5.69 Å². The molecule has 0 unspecified atom stereocenters. The van der Waals surface area contributed by atoms with Gasteiger partial charge in [-0.05, 0) is 67.8 Å². The van der Waals surface area contributed by atoms with Crippen LogP contribution in [0, 0.1) is 5.92 Å². The van der Waals surface area contributed by atoms with E-state index >= 15 is 0 Å². The first-order valence-corrected chi connectivity index (χ1v) is 15.6. The van der Waals surface area contributed by atoms with Gasteiger partial charge in [-0.1, -0.05) is 62.6 Å². The number of carbonyl (C=O) groups is 1. The fraction of sp³-hybridized carbons (Fsp3) is 0.412. The summed E-state index contributed by atoms with van der Waals surface area (Å²) in [5, 5.41) is 31.3. The zero-order valence-electron chi connectivity index (χ0n) is 25.7. The molecule has 2 aliphatic rings. The Morgan fingerprint density at radius 1 is 1.02 bits per heavy atom. The number of aliphatic imine (C=N–C) groups is 1. The number of phenolic OH excluding ortho intramolecular Hbond substituents is 1. The molecular weight excluding hydrogens is 580 g/mol. The first kappa shape index (κ1) is 34.9. The Labute approximate surface area is 265 Å². The third-order valence-corrected chi connectivity index (χ3v) is 7.48. The number of rotatable bonds is 7. The summed E-state index contributed by atoms with van der Waals surface area (Å²) in [7, 11) is 0. The van der Waals surface area contributed by atoms with E-state index in [0.717, 1.165) is 80.4 Å². The number of aromatic hydroxyl groups is 1. The Bertz CT molecular complexity index is 1370. The second-order valence-electron chi connectivity index (χ2n) is 10.9. The Morgan fingerprint density at radius 2 is 1.70 bits per heavy atom. The maximum absolute atomic E-state index is 10.5. The van der Waals surface area contributed by atoms with E-state index in [9.17, 15) is 9.90 Å². The van der Waals surface area contributed by atoms with Gasteiger partial charge < -0.3 is 36.0 Å². The summed E-state index contributed by atoms with van der Waals surface area (Å²) in [5.74, 6) is 1.91. The standard InChI is InChI=1S/C17H16ClN3O.C9H13NO2.C8H16O2/c18-12-5-6-15-13(11-12)17(21-9-7-19-8-10-21)20-14-3-1-2-4-16(14)22-15;1-6(10)9(12)7-3-2-4-8(11)5-7;1-3-5-7(6-4-2)8(9)10/h1-6,11,19H,7-10H2;2-6,9,11-12H,10H2,1H3;7H,3-6H2,1-2H3,(H,9,10)/t;6-,9-;/m.0./s1. The maximum atomic E-state index is 10.5. The second-order valence-corrected chi connectivity index (χ2v) is 11.3. The van der Waals surface area contributed by atoms with Crippen molar-refractivity contribution in [3.63, 3.8) is 0 Å². The van der Waals surface area contributed by atoms with Crippen molar-refractivity contribution in [1.29, 1.82) is 0 Å². The SMILES string of the molecule is CCCC(CCC)C(=O)O.C[C@H](N)[C@H](O)c1cccc(O)c1.Clc1ccc2c(c1)C(N1CCNCC1)=Nc1ccccc1O2. The van der Waals surface area contributed by atoms with Crippen molar-refractivity contribution >= 4 is 29.1 Å². The van der Waals surface area contributed by atoms with Gasteiger partial charge in [-0.3, -0.25) is 4.79 Å². The van der Waals surface area contributed by atoms with E-state index in [2.05, 4.69) is 10.2 Å². The lowest BCUT2D eigenvalue weighted by Gasteiger charge is -2.30. The Morgan fingerprint density at radius 3 is 2.32 bits per heavy atom. The van der Waals surface area contributed by atoms with E-state index in [4.69, 9.17) is 37.3 Å². The van der Waals surface area contributed by atoms with E-state index in [1.165, 1.54) is 6.07 Å². The Kier molecular flexibility index (Phi) is 14.0. The Hall–Kier alpha value is -3.63. The number of hydrogen-bond acceptors (Lipinski definition) is 8. The molecule has 0 saturated carbocycles. The summed E-state index contributed by atoms with van der Waals surface area (Å²) in [6.45, 7) is 9.51. The van der Waals surface area contributed by atoms with Crippen LogP contribution in [-0.2, 0) is 4.79 Å². The minimum atomic E-state index is -0.711. The van der Waals surface area contributed by atoms with E-state index in [1.54, 1.807) is 25.1 Å². The molecule has 5 rings (SSSR count). The average Bonchev–Trinajstić information content (AvgIpc) is 3.18. The van der Waals surface area contributed by atoms with Gasteiger partial charge in [-0.2, -0.15) is 0 Å². The number of halogens is 1. The number of aliphatic carboxylic acids is 1. The third-order valence-electron chi connectivity index (χ3n) is 7.24. The van der Waals surface area contributed by atoms with Crippen LogP contribution in [-0.4, -0.2) is 64.2 Å². The van der Waals surface area contributed by atoms with Crippen LogP contribution < -0.4 is 15.8 Å². The number of carboxylic acids is 1. The van der Waals surface area contributed by atoms with Gasteiger partial charge in [0, 0.05) is 37.2 Å². The van der Waals surface area contributed by atoms with Crippen molar-refractivity contribution in [1.82, 2.24) is 10.2 Å². The molecule has 0 spiro atoms. The zero-order valence-corrected chi connectivity index (χ0v) is 26.5. The molecule has 238 valence electrons. The number of phenols is 1. The van der Waals surface area contributed by atoms with Crippen LogP contribution in [0.3, 0.4) is 0 Å². The van der Waals surface area contributed by atoms with E-state index < -0.39 is 12.1 Å². The summed E-state index contributed by atoms with van der Waals surface area (Å²) in [4.78, 5) is 17.6. The molecular formula is C34H45ClN4O5. The number of carboxylic acid groups (broad SMARTS) is 1. The smallest absolute Gasteiger partial charge is 0.306 e. The summed E-state index contributed by atoms with van der Waals surface area (Å²) in [5.41, 5.74) is 7.93. The van der Waals surface area contributed by atoms with Crippen molar-refractivity contribution in [2.24, 2.45) is 16.6 Å². The van der Waals surface area contributed by atoms with E-state index in [1.807, 2.05) is 56.3 Å². The predicted molar refractivity (Wildman–Crippen MR) is 176 cm³/mol. The number of hydrogen-bond donors (Lipinski definition) is 5. The lowest BCUT2D eigenvalue weighted by atomic mass is 9.99. The minimum Gasteiger partial charge on any atom is -0.508 e. The van der Waals surface area contributed by atoms with Crippen molar-refractivity contribution < 1.29 is 24.9 Å². The normalized spacial score (nSPS) is 15.1. The predicted octanol–water partition coefficient (Wildman–Crippen LogP) is 6.49. The summed E-state index contributed by atoms with van der Waals surface area (Å²) in [6.07, 6.45) is 2.87. The highest BCUT2D eigenvalue weighted by atomic mass is 35.5. The number of nitrogens with one attached hydrogen (secondary N) is 1. The lowest BCUT2D eigenvalue weighted by molar-refractivity contribution is -0.142. The quantitative estimate of drug-likeness (QED) is 0.201. The van der Waals surface area contributed by atoms with Crippen LogP contribution in [0.1, 0.15) is 63.7 Å². The molecule has 1 saturated heterocycles. The number of aliphatic hydroxyl groups excluding tert-OH is 1. The van der Waals surface area contributed by atoms with Crippen molar-refractivity contribution in [2.45, 2.75) is 58.6 Å². The van der Waals surface area contributed by atoms with Crippen molar-refractivity contribution in [3.8, 4) is 17.2 Å².